The number of anilines is 5. The SMILES string of the molecule is COc1cc(-n2cnc(N)c2)cc(OC)c1OC.COc1cc(-n2cnc(Nc3nc(N4CCC[C@H]4CO)c4ccc(C)cc4n3)c2)cc(C)c1C.Cc1ccc2c(Cl)nc(Cl)nc2c1.Cc1ccc2c(N3CCC[C@H]3CO)nc(Cl)nc2c1.OC[C@@H]1CCCN1. The van der Waals surface area contributed by atoms with E-state index in [1.165, 1.54) is 6.42 Å². The van der Waals surface area contributed by atoms with Crippen LogP contribution in [0.5, 0.6) is 23.0 Å². The van der Waals surface area contributed by atoms with Crippen molar-refractivity contribution in [1.29, 1.82) is 0 Å². The zero-order valence-electron chi connectivity index (χ0n) is 52.6. The van der Waals surface area contributed by atoms with E-state index in [0.717, 1.165) is 141 Å². The molecule has 3 fully saturated rings. The third-order valence-corrected chi connectivity index (χ3v) is 16.6. The molecule has 8 heterocycles. The van der Waals surface area contributed by atoms with E-state index in [2.05, 4.69) is 95.4 Å². The third kappa shape index (κ3) is 16.4. The first-order chi connectivity index (χ1) is 43.9. The number of methoxy groups -OCH3 is 4. The van der Waals surface area contributed by atoms with Crippen molar-refractivity contribution in [2.75, 3.05) is 88.7 Å². The molecule has 91 heavy (non-hydrogen) atoms. The van der Waals surface area contributed by atoms with Crippen LogP contribution in [0.2, 0.25) is 15.7 Å². The molecule has 0 unspecified atom stereocenters. The first-order valence-electron chi connectivity index (χ1n) is 29.9. The van der Waals surface area contributed by atoms with Gasteiger partial charge >= 0.3 is 0 Å². The van der Waals surface area contributed by atoms with Gasteiger partial charge in [0.05, 0.1) is 101 Å². The largest absolute Gasteiger partial charge is 0.496 e. The fourth-order valence-corrected chi connectivity index (χ4v) is 11.7. The molecule has 3 aliphatic heterocycles. The van der Waals surface area contributed by atoms with E-state index in [4.69, 9.17) is 74.6 Å². The molecule has 0 saturated carbocycles. The molecule has 22 nitrogen and oxygen atoms in total. The Bertz CT molecular complexity index is 4080. The van der Waals surface area contributed by atoms with E-state index >= 15 is 0 Å². The summed E-state index contributed by atoms with van der Waals surface area (Å²) in [5.41, 5.74) is 15.6. The van der Waals surface area contributed by atoms with Crippen molar-refractivity contribution in [3.05, 3.63) is 147 Å². The summed E-state index contributed by atoms with van der Waals surface area (Å²) in [7, 11) is 6.40. The lowest BCUT2D eigenvalue weighted by molar-refractivity contribution is 0.255. The summed E-state index contributed by atoms with van der Waals surface area (Å²) < 4.78 is 25.1. The first kappa shape index (κ1) is 67.1. The van der Waals surface area contributed by atoms with Crippen molar-refractivity contribution in [2.45, 2.75) is 91.3 Å². The summed E-state index contributed by atoms with van der Waals surface area (Å²) in [4.78, 5) is 39.1. The van der Waals surface area contributed by atoms with Gasteiger partial charge in [0.1, 0.15) is 41.0 Å². The number of aromatic nitrogens is 10. The van der Waals surface area contributed by atoms with Crippen LogP contribution in [0.15, 0.2) is 104 Å². The van der Waals surface area contributed by atoms with E-state index in [0.29, 0.717) is 52.6 Å². The molecule has 5 aromatic carbocycles. The van der Waals surface area contributed by atoms with Gasteiger partial charge in [0, 0.05) is 53.5 Å². The van der Waals surface area contributed by atoms with E-state index < -0.39 is 0 Å². The van der Waals surface area contributed by atoms with Gasteiger partial charge in [-0.15, -0.1) is 0 Å². The number of nitrogens with one attached hydrogen (secondary N) is 2. The highest BCUT2D eigenvalue weighted by atomic mass is 35.5. The number of aryl methyl sites for hydroxylation is 4. The van der Waals surface area contributed by atoms with Gasteiger partial charge < -0.3 is 69.6 Å². The van der Waals surface area contributed by atoms with Crippen molar-refractivity contribution >= 4 is 96.7 Å². The maximum absolute atomic E-state index is 9.88. The van der Waals surface area contributed by atoms with E-state index in [1.54, 1.807) is 51.9 Å². The zero-order chi connectivity index (χ0) is 64.9. The molecule has 0 amide bonds. The normalized spacial score (nSPS) is 15.9. The van der Waals surface area contributed by atoms with Crippen molar-refractivity contribution in [3.8, 4) is 34.4 Å². The van der Waals surface area contributed by atoms with Crippen LogP contribution < -0.4 is 45.1 Å². The molecular formula is C66H78Cl3N15O7. The van der Waals surface area contributed by atoms with Crippen LogP contribution in [0.4, 0.5) is 29.2 Å². The predicted molar refractivity (Wildman–Crippen MR) is 361 cm³/mol. The third-order valence-electron chi connectivity index (χ3n) is 16.0. The van der Waals surface area contributed by atoms with Gasteiger partial charge in [-0.1, -0.05) is 29.8 Å². The number of ether oxygens (including phenoxy) is 4. The number of nitrogens with zero attached hydrogens (tertiary/aromatic N) is 12. The zero-order valence-corrected chi connectivity index (χ0v) is 54.9. The van der Waals surface area contributed by atoms with Crippen molar-refractivity contribution in [2.24, 2.45) is 0 Å². The molecule has 13 rings (SSSR count). The number of aliphatic hydroxyl groups is 3. The molecule has 0 spiro atoms. The molecule has 7 N–H and O–H groups in total. The second-order valence-electron chi connectivity index (χ2n) is 22.3. The number of nitrogen functional groups attached to an aromatic ring is 1. The van der Waals surface area contributed by atoms with Gasteiger partial charge in [-0.05, 0) is 173 Å². The Morgan fingerprint density at radius 1 is 0.560 bits per heavy atom. The monoisotopic (exact) mass is 1300 g/mol. The summed E-state index contributed by atoms with van der Waals surface area (Å²) >= 11 is 17.6. The van der Waals surface area contributed by atoms with Crippen LogP contribution >= 0.6 is 34.8 Å². The summed E-state index contributed by atoms with van der Waals surface area (Å²) in [5, 5.41) is 37.9. The first-order valence-corrected chi connectivity index (χ1v) is 31.1. The maximum atomic E-state index is 9.88. The number of hydrogen-bond donors (Lipinski definition) is 6. The van der Waals surface area contributed by atoms with Gasteiger partial charge in [0.25, 0.3) is 0 Å². The van der Waals surface area contributed by atoms with Crippen LogP contribution in [-0.4, -0.2) is 150 Å². The number of benzene rings is 5. The summed E-state index contributed by atoms with van der Waals surface area (Å²) in [5.74, 6) is 5.84. The molecule has 10 aromatic rings. The molecule has 3 saturated heterocycles. The summed E-state index contributed by atoms with van der Waals surface area (Å²) in [6.45, 7) is 13.6. The lowest BCUT2D eigenvalue weighted by Crippen LogP contribution is -2.33. The number of fused-ring (bicyclic) bond motifs is 3. The number of nitrogens with two attached hydrogens (primary N) is 1. The number of hydrogen-bond acceptors (Lipinski definition) is 20. The lowest BCUT2D eigenvalue weighted by Gasteiger charge is -2.25. The summed E-state index contributed by atoms with van der Waals surface area (Å²) in [6.07, 6.45) is 13.4. The van der Waals surface area contributed by atoms with Gasteiger partial charge in [0.2, 0.25) is 22.3 Å². The minimum absolute atomic E-state index is 0.0752. The molecular weight excluding hydrogens is 1220 g/mol. The summed E-state index contributed by atoms with van der Waals surface area (Å²) in [6, 6.07) is 26.4. The lowest BCUT2D eigenvalue weighted by atomic mass is 10.1. The van der Waals surface area contributed by atoms with Crippen LogP contribution in [0.3, 0.4) is 0 Å². The smallest absolute Gasteiger partial charge is 0.230 e. The van der Waals surface area contributed by atoms with Crippen molar-refractivity contribution in [1.82, 2.24) is 54.3 Å². The fourth-order valence-electron chi connectivity index (χ4n) is 11.1. The Kier molecular flexibility index (Phi) is 22.9. The fraction of sp³-hybridized carbons (Fsp3) is 0.364. The molecule has 0 aliphatic carbocycles. The Labute approximate surface area is 544 Å². The highest BCUT2D eigenvalue weighted by Crippen LogP contribution is 2.40. The van der Waals surface area contributed by atoms with Crippen molar-refractivity contribution in [3.63, 3.8) is 0 Å². The average Bonchev–Trinajstić information content (AvgIpc) is 2.80. The number of aliphatic hydroxyl groups excluding tert-OH is 3. The second kappa shape index (κ2) is 31.1. The number of imidazole rings is 2. The van der Waals surface area contributed by atoms with Gasteiger partial charge in [-0.25, -0.2) is 29.9 Å². The quantitative estimate of drug-likeness (QED) is 0.0463. The van der Waals surface area contributed by atoms with Crippen LogP contribution in [-0.2, 0) is 0 Å². The standard InChI is InChI=1S/C26H30N6O2.C14H16ClN3O.C12H15N3O3.C9H6Cl2N2.C5H11NO/c1-16-7-8-21-22(10-16)28-26(30-25(21)32-9-5-6-19(32)14-33)29-24-13-31(15-27-24)20-11-17(2)18(3)23(12-20)34-4;1-9-4-5-11-12(7-9)16-14(15)17-13(11)18-6-2-3-10(18)8-19;1-16-9-4-8(15-6-11(13)14-7-15)5-10(17-2)12(9)18-3;1-5-2-3-6-7(4-5)12-9(11)13-8(6)10;7-4-5-2-1-3-6-5/h7-8,10-13,15,19,33H,5-6,9,14H2,1-4H3,(H,28,29,30);4-5,7,10,19H,2-3,6,8H2,1H3;4-7H,13H2,1-3H3;2-4H,1H3;5-7H,1-4H2/t19-;10-;;;5-/m00..0/s1. The Morgan fingerprint density at radius 3 is 1.59 bits per heavy atom. The molecule has 5 aromatic heterocycles. The highest BCUT2D eigenvalue weighted by Gasteiger charge is 2.29. The molecule has 3 aliphatic rings. The molecule has 3 atom stereocenters. The molecule has 25 heteroatoms. The molecule has 0 radical (unpaired) electrons. The van der Waals surface area contributed by atoms with E-state index in [9.17, 15) is 10.2 Å². The van der Waals surface area contributed by atoms with E-state index in [1.807, 2.05) is 79.2 Å². The second-order valence-corrected chi connectivity index (χ2v) is 23.4. The number of halogens is 3. The van der Waals surface area contributed by atoms with Gasteiger partial charge in [-0.3, -0.25) is 0 Å². The minimum Gasteiger partial charge on any atom is -0.496 e. The predicted octanol–water partition coefficient (Wildman–Crippen LogP) is 11.5. The number of rotatable bonds is 13. The Balaban J connectivity index is 0.000000147. The van der Waals surface area contributed by atoms with Crippen LogP contribution in [0, 0.1) is 34.6 Å². The van der Waals surface area contributed by atoms with Crippen LogP contribution in [0.25, 0.3) is 44.1 Å². The topological polar surface area (TPSA) is 267 Å². The minimum atomic E-state index is 0.0752. The van der Waals surface area contributed by atoms with Crippen molar-refractivity contribution < 1.29 is 34.3 Å². The Morgan fingerprint density at radius 2 is 1.08 bits per heavy atom. The Hall–Kier alpha value is -8.35. The van der Waals surface area contributed by atoms with Gasteiger partial charge in [0.15, 0.2) is 17.3 Å². The maximum Gasteiger partial charge on any atom is 0.230 e. The van der Waals surface area contributed by atoms with Crippen LogP contribution in [0.1, 0.15) is 66.3 Å². The van der Waals surface area contributed by atoms with Gasteiger partial charge in [-0.2, -0.15) is 9.97 Å². The average molecular weight is 1300 g/mol. The molecule has 0 bridgehead atoms. The molecule has 480 valence electrons. The highest BCUT2D eigenvalue weighted by molar-refractivity contribution is 6.35. The van der Waals surface area contributed by atoms with E-state index in [-0.39, 0.29) is 35.9 Å².